The van der Waals surface area contributed by atoms with E-state index in [0.29, 0.717) is 11.7 Å². The molecule has 1 aromatic rings. The van der Waals surface area contributed by atoms with E-state index >= 15 is 0 Å². The van der Waals surface area contributed by atoms with Gasteiger partial charge in [-0.15, -0.1) is 0 Å². The number of nitrogens with one attached hydrogen (secondary N) is 2. The summed E-state index contributed by atoms with van der Waals surface area (Å²) in [5.41, 5.74) is 0.488. The summed E-state index contributed by atoms with van der Waals surface area (Å²) in [4.78, 5) is 16.2. The minimum atomic E-state index is -0.0611. The van der Waals surface area contributed by atoms with E-state index in [9.17, 15) is 4.79 Å². The molecule has 0 atom stereocenters. The number of rotatable bonds is 3. The summed E-state index contributed by atoms with van der Waals surface area (Å²) in [6.45, 7) is 0. The molecule has 0 saturated heterocycles. The molecule has 1 aromatic heterocycles. The van der Waals surface area contributed by atoms with Crippen molar-refractivity contribution < 1.29 is 4.79 Å². The van der Waals surface area contributed by atoms with Crippen molar-refractivity contribution in [3.63, 3.8) is 0 Å². The largest absolute Gasteiger partial charge is 0.373 e. The second kappa shape index (κ2) is 5.66. The van der Waals surface area contributed by atoms with Crippen molar-refractivity contribution in [1.29, 1.82) is 0 Å². The molecule has 4 heteroatoms. The Hall–Kier alpha value is -1.58. The fourth-order valence-corrected chi connectivity index (χ4v) is 2.21. The van der Waals surface area contributed by atoms with E-state index in [1.54, 1.807) is 13.1 Å². The van der Waals surface area contributed by atoms with Gasteiger partial charge in [-0.05, 0) is 25.0 Å². The number of pyridine rings is 1. The summed E-state index contributed by atoms with van der Waals surface area (Å²) in [6.07, 6.45) is 5.92. The summed E-state index contributed by atoms with van der Waals surface area (Å²) < 4.78 is 0. The predicted octanol–water partition coefficient (Wildman–Crippen LogP) is 2.19. The van der Waals surface area contributed by atoms with Gasteiger partial charge in [0.1, 0.15) is 11.5 Å². The average molecular weight is 233 g/mol. The van der Waals surface area contributed by atoms with Crippen molar-refractivity contribution in [2.75, 3.05) is 12.4 Å². The maximum absolute atomic E-state index is 12.0. The summed E-state index contributed by atoms with van der Waals surface area (Å²) in [6, 6.07) is 5.77. The zero-order valence-corrected chi connectivity index (χ0v) is 10.2. The lowest BCUT2D eigenvalue weighted by Gasteiger charge is -2.22. The highest BCUT2D eigenvalue weighted by Crippen LogP contribution is 2.17. The van der Waals surface area contributed by atoms with Gasteiger partial charge in [-0.3, -0.25) is 4.79 Å². The number of hydrogen-bond donors (Lipinski definition) is 2. The Bertz CT molecular complexity index is 386. The molecule has 1 fully saturated rings. The number of carbonyl (C=O) groups is 1. The molecule has 0 unspecified atom stereocenters. The first-order chi connectivity index (χ1) is 8.29. The summed E-state index contributed by atoms with van der Waals surface area (Å²) in [7, 11) is 1.80. The zero-order valence-electron chi connectivity index (χ0n) is 10.2. The average Bonchev–Trinajstić information content (AvgIpc) is 2.40. The maximum atomic E-state index is 12.0. The van der Waals surface area contributed by atoms with E-state index < -0.39 is 0 Å². The van der Waals surface area contributed by atoms with E-state index in [-0.39, 0.29) is 5.91 Å². The third-order valence-electron chi connectivity index (χ3n) is 3.18. The molecule has 4 nitrogen and oxygen atoms in total. The first kappa shape index (κ1) is 11.9. The first-order valence-corrected chi connectivity index (χ1v) is 6.25. The van der Waals surface area contributed by atoms with Crippen LogP contribution >= 0.6 is 0 Å². The number of carbonyl (C=O) groups excluding carboxylic acids is 1. The lowest BCUT2D eigenvalue weighted by atomic mass is 9.95. The summed E-state index contributed by atoms with van der Waals surface area (Å²) in [5, 5.41) is 5.99. The number of amides is 1. The van der Waals surface area contributed by atoms with E-state index in [2.05, 4.69) is 15.6 Å². The Morgan fingerprint density at radius 2 is 2.06 bits per heavy atom. The van der Waals surface area contributed by atoms with Crippen LogP contribution in [0.25, 0.3) is 0 Å². The smallest absolute Gasteiger partial charge is 0.270 e. The maximum Gasteiger partial charge on any atom is 0.270 e. The molecular weight excluding hydrogens is 214 g/mol. The quantitative estimate of drug-likeness (QED) is 0.841. The van der Waals surface area contributed by atoms with Crippen LogP contribution in [0.2, 0.25) is 0 Å². The minimum absolute atomic E-state index is 0.0611. The fourth-order valence-electron chi connectivity index (χ4n) is 2.21. The van der Waals surface area contributed by atoms with E-state index in [0.717, 1.165) is 18.7 Å². The molecule has 2 N–H and O–H groups in total. The Morgan fingerprint density at radius 3 is 2.76 bits per heavy atom. The monoisotopic (exact) mass is 233 g/mol. The number of aromatic nitrogens is 1. The molecule has 1 aliphatic carbocycles. The summed E-state index contributed by atoms with van der Waals surface area (Å²) in [5.74, 6) is 0.662. The van der Waals surface area contributed by atoms with E-state index in [1.807, 2.05) is 12.1 Å². The molecule has 1 heterocycles. The second-order valence-electron chi connectivity index (χ2n) is 4.47. The highest BCUT2D eigenvalue weighted by molar-refractivity contribution is 5.92. The molecule has 92 valence electrons. The van der Waals surface area contributed by atoms with Gasteiger partial charge >= 0.3 is 0 Å². The van der Waals surface area contributed by atoms with Gasteiger partial charge in [0.2, 0.25) is 0 Å². The lowest BCUT2D eigenvalue weighted by Crippen LogP contribution is -2.36. The fraction of sp³-hybridized carbons (Fsp3) is 0.538. The van der Waals surface area contributed by atoms with E-state index in [1.165, 1.54) is 19.3 Å². The van der Waals surface area contributed by atoms with Crippen LogP contribution in [0.15, 0.2) is 18.2 Å². The minimum Gasteiger partial charge on any atom is -0.373 e. The highest BCUT2D eigenvalue weighted by atomic mass is 16.1. The van der Waals surface area contributed by atoms with Gasteiger partial charge in [-0.2, -0.15) is 0 Å². The Morgan fingerprint density at radius 1 is 1.29 bits per heavy atom. The van der Waals surface area contributed by atoms with Gasteiger partial charge in [-0.25, -0.2) is 4.98 Å². The molecule has 0 aliphatic heterocycles. The number of anilines is 1. The highest BCUT2D eigenvalue weighted by Gasteiger charge is 2.17. The molecule has 0 aromatic carbocycles. The SMILES string of the molecule is CNc1cccc(C(=O)NC2CCCCC2)n1. The molecular formula is C13H19N3O. The third kappa shape index (κ3) is 3.19. The molecule has 17 heavy (non-hydrogen) atoms. The predicted molar refractivity (Wildman–Crippen MR) is 68.1 cm³/mol. The van der Waals surface area contributed by atoms with Crippen LogP contribution < -0.4 is 10.6 Å². The number of hydrogen-bond acceptors (Lipinski definition) is 3. The van der Waals surface area contributed by atoms with Crippen LogP contribution in [0.5, 0.6) is 0 Å². The van der Waals surface area contributed by atoms with Crippen LogP contribution in [0.1, 0.15) is 42.6 Å². The molecule has 2 rings (SSSR count). The van der Waals surface area contributed by atoms with Gasteiger partial charge in [-0.1, -0.05) is 25.3 Å². The van der Waals surface area contributed by atoms with Crippen molar-refractivity contribution in [1.82, 2.24) is 10.3 Å². The van der Waals surface area contributed by atoms with Crippen molar-refractivity contribution in [3.05, 3.63) is 23.9 Å². The second-order valence-corrected chi connectivity index (χ2v) is 4.47. The Balaban J connectivity index is 1.98. The van der Waals surface area contributed by atoms with Crippen LogP contribution in [0, 0.1) is 0 Å². The van der Waals surface area contributed by atoms with Gasteiger partial charge in [0.05, 0.1) is 0 Å². The third-order valence-corrected chi connectivity index (χ3v) is 3.18. The van der Waals surface area contributed by atoms with Crippen molar-refractivity contribution >= 4 is 11.7 Å². The van der Waals surface area contributed by atoms with Gasteiger partial charge in [0.25, 0.3) is 5.91 Å². The van der Waals surface area contributed by atoms with Crippen molar-refractivity contribution in [3.8, 4) is 0 Å². The van der Waals surface area contributed by atoms with Gasteiger partial charge < -0.3 is 10.6 Å². The number of nitrogens with zero attached hydrogens (tertiary/aromatic N) is 1. The molecule has 0 radical (unpaired) electrons. The molecule has 1 amide bonds. The Labute approximate surface area is 102 Å². The Kier molecular flexibility index (Phi) is 3.96. The van der Waals surface area contributed by atoms with Crippen LogP contribution in [0.4, 0.5) is 5.82 Å². The molecule has 1 aliphatic rings. The molecule has 0 bridgehead atoms. The van der Waals surface area contributed by atoms with Crippen LogP contribution in [0.3, 0.4) is 0 Å². The normalized spacial score (nSPS) is 16.5. The van der Waals surface area contributed by atoms with Gasteiger partial charge in [0.15, 0.2) is 0 Å². The lowest BCUT2D eigenvalue weighted by molar-refractivity contribution is 0.0923. The molecule has 1 saturated carbocycles. The standard InChI is InChI=1S/C13H19N3O/c1-14-12-9-5-8-11(16-12)13(17)15-10-6-3-2-4-7-10/h5,8-10H,2-4,6-7H2,1H3,(H,14,16)(H,15,17). The molecule has 0 spiro atoms. The van der Waals surface area contributed by atoms with Crippen molar-refractivity contribution in [2.24, 2.45) is 0 Å². The zero-order chi connectivity index (χ0) is 12.1. The van der Waals surface area contributed by atoms with E-state index in [4.69, 9.17) is 0 Å². The van der Waals surface area contributed by atoms with Crippen LogP contribution in [-0.2, 0) is 0 Å². The first-order valence-electron chi connectivity index (χ1n) is 6.25. The van der Waals surface area contributed by atoms with Crippen LogP contribution in [-0.4, -0.2) is 24.0 Å². The topological polar surface area (TPSA) is 54.0 Å². The van der Waals surface area contributed by atoms with Crippen molar-refractivity contribution in [2.45, 2.75) is 38.1 Å². The summed E-state index contributed by atoms with van der Waals surface area (Å²) >= 11 is 0. The van der Waals surface area contributed by atoms with Gasteiger partial charge in [0, 0.05) is 13.1 Å².